The molecule has 0 saturated heterocycles. The lowest BCUT2D eigenvalue weighted by atomic mass is 10.1. The fourth-order valence-corrected chi connectivity index (χ4v) is 2.28. The summed E-state index contributed by atoms with van der Waals surface area (Å²) in [4.78, 5) is 20.5. The number of aromatic nitrogens is 4. The molecule has 0 amide bonds. The first-order valence-corrected chi connectivity index (χ1v) is 7.54. The van der Waals surface area contributed by atoms with Crippen molar-refractivity contribution in [3.8, 4) is 6.07 Å². The maximum absolute atomic E-state index is 11.8. The molecule has 21 heavy (non-hydrogen) atoms. The highest BCUT2D eigenvalue weighted by molar-refractivity contribution is 7.98. The van der Waals surface area contributed by atoms with Crippen molar-refractivity contribution in [2.45, 2.75) is 38.5 Å². The maximum atomic E-state index is 11.8. The zero-order chi connectivity index (χ0) is 15.6. The van der Waals surface area contributed by atoms with Gasteiger partial charge >= 0.3 is 5.97 Å². The van der Waals surface area contributed by atoms with Crippen LogP contribution >= 0.6 is 11.8 Å². The monoisotopic (exact) mass is 305 g/mol. The van der Waals surface area contributed by atoms with E-state index in [4.69, 9.17) is 10.00 Å². The molecule has 2 aromatic rings. The minimum Gasteiger partial charge on any atom is -0.447 e. The van der Waals surface area contributed by atoms with Crippen LogP contribution in [0.1, 0.15) is 23.9 Å². The first kappa shape index (κ1) is 15.3. The van der Waals surface area contributed by atoms with Gasteiger partial charge in [0.05, 0.1) is 6.42 Å². The number of rotatable bonds is 4. The van der Waals surface area contributed by atoms with Crippen molar-refractivity contribution in [3.05, 3.63) is 17.0 Å². The molecule has 8 heteroatoms. The van der Waals surface area contributed by atoms with Crippen molar-refractivity contribution >= 4 is 23.5 Å². The van der Waals surface area contributed by atoms with Gasteiger partial charge in [-0.05, 0) is 27.0 Å². The molecule has 0 aromatic carbocycles. The lowest BCUT2D eigenvalue weighted by Crippen LogP contribution is -2.17. The second-order valence-corrected chi connectivity index (χ2v) is 5.28. The Hall–Kier alpha value is -2.14. The molecule has 0 fully saturated rings. The van der Waals surface area contributed by atoms with Crippen LogP contribution in [0.25, 0.3) is 5.78 Å². The first-order chi connectivity index (χ1) is 9.96. The van der Waals surface area contributed by atoms with E-state index in [9.17, 15) is 4.79 Å². The van der Waals surface area contributed by atoms with Gasteiger partial charge in [-0.15, -0.1) is 5.10 Å². The summed E-state index contributed by atoms with van der Waals surface area (Å²) in [6.45, 7) is 5.20. The Bertz CT molecular complexity index is 734. The van der Waals surface area contributed by atoms with E-state index in [-0.39, 0.29) is 6.42 Å². The Labute approximate surface area is 126 Å². The highest BCUT2D eigenvalue weighted by atomic mass is 32.2. The van der Waals surface area contributed by atoms with Gasteiger partial charge in [0.2, 0.25) is 5.16 Å². The second kappa shape index (κ2) is 6.10. The van der Waals surface area contributed by atoms with Crippen molar-refractivity contribution in [3.63, 3.8) is 0 Å². The van der Waals surface area contributed by atoms with E-state index in [1.165, 1.54) is 18.7 Å². The third kappa shape index (κ3) is 3.13. The van der Waals surface area contributed by atoms with Gasteiger partial charge in [-0.1, -0.05) is 11.8 Å². The Morgan fingerprint density at radius 3 is 2.81 bits per heavy atom. The van der Waals surface area contributed by atoms with Crippen molar-refractivity contribution in [2.75, 3.05) is 6.26 Å². The van der Waals surface area contributed by atoms with Crippen LogP contribution < -0.4 is 0 Å². The lowest BCUT2D eigenvalue weighted by molar-refractivity contribution is -0.145. The second-order valence-electron chi connectivity index (χ2n) is 4.51. The number of hydrogen-bond donors (Lipinski definition) is 0. The summed E-state index contributed by atoms with van der Waals surface area (Å²) < 4.78 is 6.59. The van der Waals surface area contributed by atoms with Crippen molar-refractivity contribution < 1.29 is 9.53 Å². The third-order valence-electron chi connectivity index (χ3n) is 3.02. The predicted molar refractivity (Wildman–Crippen MR) is 76.9 cm³/mol. The average molecular weight is 305 g/mol. The smallest absolute Gasteiger partial charge is 0.311 e. The molecule has 0 N–H and O–H groups in total. The van der Waals surface area contributed by atoms with Crippen LogP contribution in [0.4, 0.5) is 0 Å². The summed E-state index contributed by atoms with van der Waals surface area (Å²) in [6, 6.07) is 1.86. The summed E-state index contributed by atoms with van der Waals surface area (Å²) in [5, 5.41) is 13.6. The van der Waals surface area contributed by atoms with Crippen molar-refractivity contribution in [1.29, 1.82) is 5.26 Å². The van der Waals surface area contributed by atoms with Gasteiger partial charge in [-0.3, -0.25) is 4.79 Å². The summed E-state index contributed by atoms with van der Waals surface area (Å²) in [5.74, 6) is 0.0541. The summed E-state index contributed by atoms with van der Waals surface area (Å²) in [7, 11) is 0. The number of nitriles is 1. The van der Waals surface area contributed by atoms with Crippen molar-refractivity contribution in [2.24, 2.45) is 0 Å². The number of hydrogen-bond acceptors (Lipinski definition) is 7. The Kier molecular flexibility index (Phi) is 4.43. The van der Waals surface area contributed by atoms with E-state index < -0.39 is 12.1 Å². The molecule has 0 spiro atoms. The summed E-state index contributed by atoms with van der Waals surface area (Å²) in [6.07, 6.45) is 1.18. The van der Waals surface area contributed by atoms with Gasteiger partial charge in [-0.2, -0.15) is 10.2 Å². The van der Waals surface area contributed by atoms with Crippen LogP contribution in [0.2, 0.25) is 0 Å². The molecule has 2 heterocycles. The van der Waals surface area contributed by atoms with Gasteiger partial charge in [0.25, 0.3) is 5.78 Å². The Balaban J connectivity index is 2.35. The van der Waals surface area contributed by atoms with Gasteiger partial charge in [0, 0.05) is 17.0 Å². The van der Waals surface area contributed by atoms with Gasteiger partial charge in [0.1, 0.15) is 6.07 Å². The highest BCUT2D eigenvalue weighted by Gasteiger charge is 2.17. The molecule has 7 nitrogen and oxygen atoms in total. The highest BCUT2D eigenvalue weighted by Crippen LogP contribution is 2.17. The normalized spacial score (nSPS) is 12.1. The number of carbonyl (C=O) groups excluding carboxylic acids is 1. The number of thioether (sulfide) groups is 1. The average Bonchev–Trinajstić information content (AvgIpc) is 2.86. The zero-order valence-electron chi connectivity index (χ0n) is 12.2. The van der Waals surface area contributed by atoms with Crippen LogP contribution in [0.5, 0.6) is 0 Å². The molecule has 2 rings (SSSR count). The summed E-state index contributed by atoms with van der Waals surface area (Å²) >= 11 is 1.43. The fraction of sp³-hybridized carbons (Fsp3) is 0.462. The van der Waals surface area contributed by atoms with Crippen LogP contribution in [-0.4, -0.2) is 37.9 Å². The standard InChI is InChI=1S/C13H15N5O2S/c1-7(6-14)20-11(19)5-10-8(2)15-12-16-13(21-4)17-18(12)9(10)3/h7H,5H2,1-4H3/t7-/m0/s1. The van der Waals surface area contributed by atoms with E-state index in [1.807, 2.05) is 26.2 Å². The minimum atomic E-state index is -0.760. The summed E-state index contributed by atoms with van der Waals surface area (Å²) in [5.41, 5.74) is 2.25. The Morgan fingerprint density at radius 1 is 1.48 bits per heavy atom. The fourth-order valence-electron chi connectivity index (χ4n) is 1.94. The maximum Gasteiger partial charge on any atom is 0.311 e. The molecule has 0 radical (unpaired) electrons. The molecule has 0 saturated carbocycles. The molecular formula is C13H15N5O2S. The Morgan fingerprint density at radius 2 is 2.19 bits per heavy atom. The van der Waals surface area contributed by atoms with Gasteiger partial charge < -0.3 is 4.74 Å². The molecule has 110 valence electrons. The van der Waals surface area contributed by atoms with E-state index in [0.29, 0.717) is 16.6 Å². The van der Waals surface area contributed by atoms with Crippen LogP contribution in [-0.2, 0) is 16.0 Å². The van der Waals surface area contributed by atoms with E-state index in [0.717, 1.165) is 11.3 Å². The SMILES string of the molecule is CSc1nc2nc(C)c(CC(=O)O[C@@H](C)C#N)c(C)n2n1. The third-order valence-corrected chi connectivity index (χ3v) is 3.56. The number of ether oxygens (including phenoxy) is 1. The first-order valence-electron chi connectivity index (χ1n) is 6.32. The van der Waals surface area contributed by atoms with Crippen molar-refractivity contribution in [1.82, 2.24) is 19.6 Å². The number of nitrogens with zero attached hydrogens (tertiary/aromatic N) is 5. The molecule has 0 unspecified atom stereocenters. The van der Waals surface area contributed by atoms with E-state index in [2.05, 4.69) is 15.1 Å². The molecule has 2 aromatic heterocycles. The van der Waals surface area contributed by atoms with Crippen LogP contribution in [0.15, 0.2) is 5.16 Å². The van der Waals surface area contributed by atoms with Gasteiger partial charge in [-0.25, -0.2) is 9.50 Å². The molecule has 1 atom stereocenters. The lowest BCUT2D eigenvalue weighted by Gasteiger charge is -2.10. The van der Waals surface area contributed by atoms with Gasteiger partial charge in [0.15, 0.2) is 6.10 Å². The van der Waals surface area contributed by atoms with E-state index >= 15 is 0 Å². The number of carbonyl (C=O) groups is 1. The molecule has 0 aliphatic heterocycles. The number of fused-ring (bicyclic) bond motifs is 1. The van der Waals surface area contributed by atoms with Crippen LogP contribution in [0, 0.1) is 25.2 Å². The zero-order valence-corrected chi connectivity index (χ0v) is 13.1. The molecule has 0 bridgehead atoms. The topological polar surface area (TPSA) is 93.2 Å². The molecule has 0 aliphatic rings. The predicted octanol–water partition coefficient (Wildman–Crippen LogP) is 1.46. The molecular weight excluding hydrogens is 290 g/mol. The quantitative estimate of drug-likeness (QED) is 0.623. The number of aryl methyl sites for hydroxylation is 2. The van der Waals surface area contributed by atoms with E-state index in [1.54, 1.807) is 4.52 Å². The largest absolute Gasteiger partial charge is 0.447 e. The number of esters is 1. The molecule has 0 aliphatic carbocycles. The van der Waals surface area contributed by atoms with Crippen LogP contribution in [0.3, 0.4) is 0 Å². The minimum absolute atomic E-state index is 0.0566.